The molecule has 1 fully saturated rings. The summed E-state index contributed by atoms with van der Waals surface area (Å²) in [6, 6.07) is 9.17. The molecular weight excluding hydrogens is 378 g/mol. The maximum atomic E-state index is 12.6. The number of carbonyl (C=O) groups is 2. The number of anilines is 2. The highest BCUT2D eigenvalue weighted by Gasteiger charge is 2.21. The SMILES string of the molecule is COC(=O)c1cc(NC(=O)c2ccc([N+](=O)[O-])c(C)c2)ccc1N1CCOCC1. The van der Waals surface area contributed by atoms with Crippen LogP contribution in [0.4, 0.5) is 17.1 Å². The average molecular weight is 399 g/mol. The van der Waals surface area contributed by atoms with Crippen LogP contribution in [-0.2, 0) is 9.47 Å². The number of nitrogens with one attached hydrogen (secondary N) is 1. The second-order valence-electron chi connectivity index (χ2n) is 6.54. The third-order valence-corrected chi connectivity index (χ3v) is 4.67. The van der Waals surface area contributed by atoms with Gasteiger partial charge in [-0.3, -0.25) is 14.9 Å². The number of amides is 1. The van der Waals surface area contributed by atoms with Crippen molar-refractivity contribution in [2.24, 2.45) is 0 Å². The predicted molar refractivity (Wildman–Crippen MR) is 107 cm³/mol. The number of hydrogen-bond donors (Lipinski definition) is 1. The van der Waals surface area contributed by atoms with Crippen molar-refractivity contribution in [2.45, 2.75) is 6.92 Å². The van der Waals surface area contributed by atoms with E-state index in [1.807, 2.05) is 4.90 Å². The second kappa shape index (κ2) is 8.70. The lowest BCUT2D eigenvalue weighted by molar-refractivity contribution is -0.385. The molecule has 3 rings (SSSR count). The zero-order valence-electron chi connectivity index (χ0n) is 16.1. The molecule has 0 atom stereocenters. The number of nitro benzene ring substituents is 1. The molecule has 0 aromatic heterocycles. The maximum Gasteiger partial charge on any atom is 0.340 e. The van der Waals surface area contributed by atoms with Crippen LogP contribution in [-0.4, -0.2) is 50.2 Å². The minimum Gasteiger partial charge on any atom is -0.465 e. The molecule has 0 spiro atoms. The van der Waals surface area contributed by atoms with Gasteiger partial charge < -0.3 is 19.7 Å². The molecule has 0 bridgehead atoms. The van der Waals surface area contributed by atoms with E-state index in [1.54, 1.807) is 25.1 Å². The first-order chi connectivity index (χ1) is 13.9. The Balaban J connectivity index is 1.85. The van der Waals surface area contributed by atoms with Crippen LogP contribution in [0.25, 0.3) is 0 Å². The van der Waals surface area contributed by atoms with Crippen molar-refractivity contribution in [3.8, 4) is 0 Å². The Kier molecular flexibility index (Phi) is 6.08. The number of esters is 1. The predicted octanol–water partition coefficient (Wildman–Crippen LogP) is 2.78. The number of rotatable bonds is 5. The van der Waals surface area contributed by atoms with Crippen molar-refractivity contribution < 1.29 is 24.0 Å². The van der Waals surface area contributed by atoms with Gasteiger partial charge in [0.25, 0.3) is 11.6 Å². The molecule has 0 radical (unpaired) electrons. The van der Waals surface area contributed by atoms with Gasteiger partial charge in [0.1, 0.15) is 0 Å². The van der Waals surface area contributed by atoms with Gasteiger partial charge in [-0.2, -0.15) is 0 Å². The zero-order valence-corrected chi connectivity index (χ0v) is 16.1. The van der Waals surface area contributed by atoms with Crippen molar-refractivity contribution in [1.29, 1.82) is 0 Å². The van der Waals surface area contributed by atoms with E-state index in [-0.39, 0.29) is 11.3 Å². The summed E-state index contributed by atoms with van der Waals surface area (Å²) < 4.78 is 10.2. The fourth-order valence-electron chi connectivity index (χ4n) is 3.17. The number of carbonyl (C=O) groups excluding carboxylic acids is 2. The quantitative estimate of drug-likeness (QED) is 0.467. The lowest BCUT2D eigenvalue weighted by atomic mass is 10.1. The molecule has 1 aliphatic rings. The van der Waals surface area contributed by atoms with E-state index in [1.165, 1.54) is 25.3 Å². The van der Waals surface area contributed by atoms with Gasteiger partial charge >= 0.3 is 5.97 Å². The molecule has 0 saturated carbocycles. The number of morpholine rings is 1. The Morgan fingerprint density at radius 3 is 2.52 bits per heavy atom. The van der Waals surface area contributed by atoms with Gasteiger partial charge in [0, 0.05) is 36.0 Å². The van der Waals surface area contributed by atoms with Gasteiger partial charge in [-0.1, -0.05) is 0 Å². The summed E-state index contributed by atoms with van der Waals surface area (Å²) in [5.74, 6) is -0.938. The van der Waals surface area contributed by atoms with Gasteiger partial charge in [-0.25, -0.2) is 4.79 Å². The van der Waals surface area contributed by atoms with E-state index in [0.29, 0.717) is 48.8 Å². The maximum absolute atomic E-state index is 12.6. The van der Waals surface area contributed by atoms with Gasteiger partial charge in [0.15, 0.2) is 0 Å². The number of aryl methyl sites for hydroxylation is 1. The monoisotopic (exact) mass is 399 g/mol. The van der Waals surface area contributed by atoms with E-state index in [0.717, 1.165) is 0 Å². The van der Waals surface area contributed by atoms with Crippen molar-refractivity contribution in [1.82, 2.24) is 0 Å². The fraction of sp³-hybridized carbons (Fsp3) is 0.300. The molecule has 1 N–H and O–H groups in total. The Morgan fingerprint density at radius 2 is 1.90 bits per heavy atom. The molecule has 1 saturated heterocycles. The second-order valence-corrected chi connectivity index (χ2v) is 6.54. The molecule has 152 valence electrons. The van der Waals surface area contributed by atoms with Crippen LogP contribution < -0.4 is 10.2 Å². The summed E-state index contributed by atoms with van der Waals surface area (Å²) in [6.07, 6.45) is 0. The number of ether oxygens (including phenoxy) is 2. The van der Waals surface area contributed by atoms with Gasteiger partial charge in [-0.05, 0) is 37.3 Å². The van der Waals surface area contributed by atoms with Crippen LogP contribution in [0.5, 0.6) is 0 Å². The summed E-state index contributed by atoms with van der Waals surface area (Å²) in [6.45, 7) is 4.01. The van der Waals surface area contributed by atoms with Gasteiger partial charge in [0.05, 0.1) is 36.5 Å². The molecule has 0 unspecified atom stereocenters. The van der Waals surface area contributed by atoms with E-state index in [2.05, 4.69) is 5.32 Å². The molecule has 29 heavy (non-hydrogen) atoms. The Hall–Kier alpha value is -3.46. The average Bonchev–Trinajstić information content (AvgIpc) is 2.73. The fourth-order valence-corrected chi connectivity index (χ4v) is 3.17. The highest BCUT2D eigenvalue weighted by atomic mass is 16.6. The van der Waals surface area contributed by atoms with Crippen LogP contribution in [0.15, 0.2) is 36.4 Å². The van der Waals surface area contributed by atoms with Crippen LogP contribution >= 0.6 is 0 Å². The highest BCUT2D eigenvalue weighted by molar-refractivity contribution is 6.06. The summed E-state index contributed by atoms with van der Waals surface area (Å²) in [5, 5.41) is 13.7. The molecule has 0 aliphatic carbocycles. The number of nitrogens with zero attached hydrogens (tertiary/aromatic N) is 2. The van der Waals surface area contributed by atoms with Gasteiger partial charge in [-0.15, -0.1) is 0 Å². The highest BCUT2D eigenvalue weighted by Crippen LogP contribution is 2.27. The first kappa shape index (κ1) is 20.3. The summed E-state index contributed by atoms with van der Waals surface area (Å²) in [4.78, 5) is 37.3. The smallest absolute Gasteiger partial charge is 0.340 e. The zero-order chi connectivity index (χ0) is 21.0. The van der Waals surface area contributed by atoms with Crippen LogP contribution in [0, 0.1) is 17.0 Å². The van der Waals surface area contributed by atoms with E-state index >= 15 is 0 Å². The van der Waals surface area contributed by atoms with E-state index in [9.17, 15) is 19.7 Å². The minimum atomic E-state index is -0.506. The third kappa shape index (κ3) is 4.52. The molecule has 1 heterocycles. The number of methoxy groups -OCH3 is 1. The molecule has 2 aromatic rings. The normalized spacial score (nSPS) is 13.7. The summed E-state index contributed by atoms with van der Waals surface area (Å²) >= 11 is 0. The third-order valence-electron chi connectivity index (χ3n) is 4.67. The van der Waals surface area contributed by atoms with Crippen LogP contribution in [0.2, 0.25) is 0 Å². The summed E-state index contributed by atoms with van der Waals surface area (Å²) in [5.41, 5.74) is 2.09. The lowest BCUT2D eigenvalue weighted by Crippen LogP contribution is -2.37. The lowest BCUT2D eigenvalue weighted by Gasteiger charge is -2.30. The molecule has 9 nitrogen and oxygen atoms in total. The number of nitro groups is 1. The van der Waals surface area contributed by atoms with Crippen molar-refractivity contribution >= 4 is 28.9 Å². The topological polar surface area (TPSA) is 111 Å². The standard InChI is InChI=1S/C20H21N3O6/c1-13-11-14(3-5-17(13)23(26)27)19(24)21-15-4-6-18(16(12-15)20(25)28-2)22-7-9-29-10-8-22/h3-6,11-12H,7-10H2,1-2H3,(H,21,24). The van der Waals surface area contributed by atoms with Gasteiger partial charge in [0.2, 0.25) is 0 Å². The molecule has 1 aliphatic heterocycles. The van der Waals surface area contributed by atoms with Crippen molar-refractivity contribution in [3.05, 3.63) is 63.2 Å². The minimum absolute atomic E-state index is 0.0515. The molecule has 9 heteroatoms. The number of hydrogen-bond acceptors (Lipinski definition) is 7. The Labute approximate surface area is 167 Å². The Bertz CT molecular complexity index is 953. The first-order valence-corrected chi connectivity index (χ1v) is 9.02. The van der Waals surface area contributed by atoms with Crippen LogP contribution in [0.1, 0.15) is 26.3 Å². The van der Waals surface area contributed by atoms with Crippen LogP contribution in [0.3, 0.4) is 0 Å². The number of benzene rings is 2. The first-order valence-electron chi connectivity index (χ1n) is 9.02. The van der Waals surface area contributed by atoms with Crippen molar-refractivity contribution in [2.75, 3.05) is 43.6 Å². The molecule has 2 aromatic carbocycles. The molecule has 1 amide bonds. The molecular formula is C20H21N3O6. The Morgan fingerprint density at radius 1 is 1.17 bits per heavy atom. The van der Waals surface area contributed by atoms with E-state index in [4.69, 9.17) is 9.47 Å². The summed E-state index contributed by atoms with van der Waals surface area (Å²) in [7, 11) is 1.30. The largest absolute Gasteiger partial charge is 0.465 e. The van der Waals surface area contributed by atoms with E-state index < -0.39 is 16.8 Å². The van der Waals surface area contributed by atoms with Crippen molar-refractivity contribution in [3.63, 3.8) is 0 Å².